The molecule has 0 saturated heterocycles. The van der Waals surface area contributed by atoms with E-state index in [9.17, 15) is 4.79 Å². The normalized spacial score (nSPS) is 11.0. The Hall–Kier alpha value is -3.35. The maximum atomic E-state index is 12.1. The molecule has 0 atom stereocenters. The monoisotopic (exact) mass is 318 g/mol. The summed E-state index contributed by atoms with van der Waals surface area (Å²) in [6.45, 7) is 2.32. The van der Waals surface area contributed by atoms with E-state index in [1.54, 1.807) is 18.3 Å². The van der Waals surface area contributed by atoms with Crippen LogP contribution in [0.5, 0.6) is 0 Å². The average molecular weight is 318 g/mol. The third-order valence-corrected chi connectivity index (χ3v) is 3.69. The number of fused-ring (bicyclic) bond motifs is 1. The molecule has 4 aromatic rings. The molecule has 24 heavy (non-hydrogen) atoms. The second kappa shape index (κ2) is 5.69. The van der Waals surface area contributed by atoms with Crippen molar-refractivity contribution >= 4 is 5.65 Å². The van der Waals surface area contributed by atoms with Crippen LogP contribution >= 0.6 is 0 Å². The highest BCUT2D eigenvalue weighted by atomic mass is 16.1. The second-order valence-electron chi connectivity index (χ2n) is 5.52. The van der Waals surface area contributed by atoms with Gasteiger partial charge in [-0.1, -0.05) is 35.9 Å². The highest BCUT2D eigenvalue weighted by molar-refractivity contribution is 5.54. The van der Waals surface area contributed by atoms with Gasteiger partial charge in [-0.05, 0) is 24.3 Å². The van der Waals surface area contributed by atoms with Crippen molar-refractivity contribution in [2.24, 2.45) is 0 Å². The molecule has 7 nitrogen and oxygen atoms in total. The molecule has 0 aliphatic carbocycles. The molecule has 0 aliphatic rings. The van der Waals surface area contributed by atoms with Crippen molar-refractivity contribution in [2.45, 2.75) is 13.5 Å². The molecule has 0 spiro atoms. The highest BCUT2D eigenvalue weighted by Gasteiger charge is 2.08. The van der Waals surface area contributed by atoms with Gasteiger partial charge in [-0.15, -0.1) is 10.2 Å². The van der Waals surface area contributed by atoms with E-state index in [0.717, 1.165) is 5.56 Å². The number of aromatic nitrogens is 6. The molecule has 0 aliphatic heterocycles. The molecule has 0 amide bonds. The van der Waals surface area contributed by atoms with E-state index >= 15 is 0 Å². The van der Waals surface area contributed by atoms with E-state index in [1.165, 1.54) is 20.8 Å². The zero-order valence-electron chi connectivity index (χ0n) is 13.0. The van der Waals surface area contributed by atoms with Crippen molar-refractivity contribution in [1.29, 1.82) is 0 Å². The van der Waals surface area contributed by atoms with Crippen LogP contribution in [-0.4, -0.2) is 29.6 Å². The second-order valence-corrected chi connectivity index (χ2v) is 5.52. The predicted octanol–water partition coefficient (Wildman–Crippen LogP) is 1.70. The van der Waals surface area contributed by atoms with Gasteiger partial charge in [0, 0.05) is 17.8 Å². The van der Waals surface area contributed by atoms with Gasteiger partial charge in [0.1, 0.15) is 12.2 Å². The van der Waals surface area contributed by atoms with E-state index in [1.807, 2.05) is 37.3 Å². The first-order chi connectivity index (χ1) is 11.7. The molecule has 3 heterocycles. The number of nitrogens with zero attached hydrogens (tertiary/aromatic N) is 6. The Morgan fingerprint density at radius 3 is 2.75 bits per heavy atom. The minimum atomic E-state index is -0.130. The Morgan fingerprint density at radius 2 is 1.92 bits per heavy atom. The summed E-state index contributed by atoms with van der Waals surface area (Å²) in [5, 5.41) is 12.5. The standard InChI is InChI=1S/C17H14N6O/c1-12-5-7-13(8-6-12)17-19-21-23(20-17)11-14-10-16(24)22-9-3-2-4-15(22)18-14/h2-10H,11H2,1H3. The number of tetrazole rings is 1. The van der Waals surface area contributed by atoms with Gasteiger partial charge in [0.15, 0.2) is 0 Å². The number of hydrogen-bond donors (Lipinski definition) is 0. The topological polar surface area (TPSA) is 78.0 Å². The van der Waals surface area contributed by atoms with Gasteiger partial charge in [0.2, 0.25) is 5.82 Å². The summed E-state index contributed by atoms with van der Waals surface area (Å²) in [6, 6.07) is 14.8. The Balaban J connectivity index is 1.64. The first kappa shape index (κ1) is 14.3. The van der Waals surface area contributed by atoms with Crippen molar-refractivity contribution in [3.8, 4) is 11.4 Å². The number of aryl methyl sites for hydroxylation is 1. The highest BCUT2D eigenvalue weighted by Crippen LogP contribution is 2.14. The fraction of sp³-hybridized carbons (Fsp3) is 0.118. The molecule has 0 bridgehead atoms. The molecule has 0 fully saturated rings. The van der Waals surface area contributed by atoms with Crippen molar-refractivity contribution in [2.75, 3.05) is 0 Å². The van der Waals surface area contributed by atoms with Gasteiger partial charge in [-0.2, -0.15) is 4.80 Å². The fourth-order valence-electron chi connectivity index (χ4n) is 2.46. The zero-order valence-corrected chi connectivity index (χ0v) is 13.0. The van der Waals surface area contributed by atoms with E-state index in [4.69, 9.17) is 0 Å². The SMILES string of the molecule is Cc1ccc(-c2nnn(Cc3cc(=O)n4ccccc4n3)n2)cc1. The molecule has 3 aromatic heterocycles. The van der Waals surface area contributed by atoms with Crippen molar-refractivity contribution in [3.63, 3.8) is 0 Å². The summed E-state index contributed by atoms with van der Waals surface area (Å²) in [5.74, 6) is 0.549. The molecular weight excluding hydrogens is 304 g/mol. The minimum absolute atomic E-state index is 0.130. The first-order valence-electron chi connectivity index (χ1n) is 7.51. The first-order valence-corrected chi connectivity index (χ1v) is 7.51. The largest absolute Gasteiger partial charge is 0.269 e. The summed E-state index contributed by atoms with van der Waals surface area (Å²) in [6.07, 6.45) is 1.69. The average Bonchev–Trinajstić information content (AvgIpc) is 3.04. The van der Waals surface area contributed by atoms with E-state index in [0.29, 0.717) is 23.7 Å². The summed E-state index contributed by atoms with van der Waals surface area (Å²) in [7, 11) is 0. The fourth-order valence-corrected chi connectivity index (χ4v) is 2.46. The maximum Gasteiger partial charge on any atom is 0.258 e. The summed E-state index contributed by atoms with van der Waals surface area (Å²) in [5.41, 5.74) is 3.14. The van der Waals surface area contributed by atoms with Gasteiger partial charge in [-0.3, -0.25) is 9.20 Å². The number of hydrogen-bond acceptors (Lipinski definition) is 5. The van der Waals surface area contributed by atoms with Gasteiger partial charge in [0.25, 0.3) is 5.56 Å². The lowest BCUT2D eigenvalue weighted by Crippen LogP contribution is -2.17. The Labute approximate surface area is 137 Å². The summed E-state index contributed by atoms with van der Waals surface area (Å²) in [4.78, 5) is 18.0. The number of benzene rings is 1. The van der Waals surface area contributed by atoms with Gasteiger partial charge >= 0.3 is 0 Å². The lowest BCUT2D eigenvalue weighted by molar-refractivity contribution is 0.564. The van der Waals surface area contributed by atoms with Crippen LogP contribution in [0.1, 0.15) is 11.3 Å². The quantitative estimate of drug-likeness (QED) is 0.574. The van der Waals surface area contributed by atoms with Crippen LogP contribution in [0.2, 0.25) is 0 Å². The molecule has 4 rings (SSSR count). The molecule has 0 saturated carbocycles. The molecular formula is C17H14N6O. The Bertz CT molecular complexity index is 1060. The number of rotatable bonds is 3. The molecule has 1 aromatic carbocycles. The predicted molar refractivity (Wildman–Crippen MR) is 88.6 cm³/mol. The van der Waals surface area contributed by atoms with E-state index < -0.39 is 0 Å². The lowest BCUT2D eigenvalue weighted by Gasteiger charge is -2.02. The molecule has 118 valence electrons. The van der Waals surface area contributed by atoms with Gasteiger partial charge in [0.05, 0.1) is 5.69 Å². The van der Waals surface area contributed by atoms with E-state index in [2.05, 4.69) is 20.4 Å². The summed E-state index contributed by atoms with van der Waals surface area (Å²) >= 11 is 0. The van der Waals surface area contributed by atoms with E-state index in [-0.39, 0.29) is 5.56 Å². The van der Waals surface area contributed by atoms with Crippen molar-refractivity contribution < 1.29 is 0 Å². The van der Waals surface area contributed by atoms with Gasteiger partial charge < -0.3 is 0 Å². The molecule has 7 heteroatoms. The third-order valence-electron chi connectivity index (χ3n) is 3.69. The lowest BCUT2D eigenvalue weighted by atomic mass is 10.1. The molecule has 0 N–H and O–H groups in total. The maximum absolute atomic E-state index is 12.1. The van der Waals surface area contributed by atoms with Crippen LogP contribution < -0.4 is 5.56 Å². The van der Waals surface area contributed by atoms with Crippen LogP contribution in [0.25, 0.3) is 17.0 Å². The summed E-state index contributed by atoms with van der Waals surface area (Å²) < 4.78 is 1.50. The zero-order chi connectivity index (χ0) is 16.5. The van der Waals surface area contributed by atoms with Crippen LogP contribution in [0.3, 0.4) is 0 Å². The van der Waals surface area contributed by atoms with Crippen molar-refractivity contribution in [3.05, 3.63) is 76.3 Å². The smallest absolute Gasteiger partial charge is 0.258 e. The third kappa shape index (κ3) is 2.67. The molecule has 0 unspecified atom stereocenters. The number of pyridine rings is 1. The Kier molecular flexibility index (Phi) is 3.38. The Morgan fingerprint density at radius 1 is 1.08 bits per heavy atom. The minimum Gasteiger partial charge on any atom is -0.269 e. The molecule has 0 radical (unpaired) electrons. The van der Waals surface area contributed by atoms with Crippen LogP contribution in [-0.2, 0) is 6.54 Å². The van der Waals surface area contributed by atoms with Crippen LogP contribution in [0.15, 0.2) is 59.5 Å². The van der Waals surface area contributed by atoms with Crippen LogP contribution in [0, 0.1) is 6.92 Å². The van der Waals surface area contributed by atoms with Gasteiger partial charge in [-0.25, -0.2) is 4.98 Å². The van der Waals surface area contributed by atoms with Crippen LogP contribution in [0.4, 0.5) is 0 Å². The van der Waals surface area contributed by atoms with Crippen molar-refractivity contribution in [1.82, 2.24) is 29.6 Å².